The van der Waals surface area contributed by atoms with Gasteiger partial charge in [-0.2, -0.15) is 0 Å². The van der Waals surface area contributed by atoms with Crippen LogP contribution in [0.1, 0.15) is 45.9 Å². The third-order valence-corrected chi connectivity index (χ3v) is 7.38. The van der Waals surface area contributed by atoms with Gasteiger partial charge in [-0.15, -0.1) is 0 Å². The fraction of sp³-hybridized carbons (Fsp3) is 0.259. The zero-order valence-corrected chi connectivity index (χ0v) is 18.0. The number of carbonyl (C=O) groups is 2. The van der Waals surface area contributed by atoms with Crippen molar-refractivity contribution in [2.75, 3.05) is 11.9 Å². The Morgan fingerprint density at radius 1 is 1.00 bits per heavy atom. The van der Waals surface area contributed by atoms with E-state index in [0.717, 1.165) is 22.4 Å². The number of nitrogens with zero attached hydrogens (tertiary/aromatic N) is 1. The van der Waals surface area contributed by atoms with Crippen LogP contribution >= 0.6 is 0 Å². The maximum absolute atomic E-state index is 14.2. The highest BCUT2D eigenvalue weighted by Crippen LogP contribution is 2.59. The fourth-order valence-corrected chi connectivity index (χ4v) is 5.97. The molecule has 4 atom stereocenters. The molecule has 3 aliphatic heterocycles. The molecule has 32 heavy (non-hydrogen) atoms. The Morgan fingerprint density at radius 3 is 2.56 bits per heavy atom. The summed E-state index contributed by atoms with van der Waals surface area (Å²) in [6, 6.07) is 23.3. The number of para-hydroxylation sites is 1. The molecule has 0 aliphatic carbocycles. The molecule has 0 bridgehead atoms. The van der Waals surface area contributed by atoms with Gasteiger partial charge in [0.2, 0.25) is 0 Å². The third-order valence-electron chi connectivity index (χ3n) is 7.38. The minimum Gasteiger partial charge on any atom is -0.493 e. The molecule has 0 saturated carbocycles. The van der Waals surface area contributed by atoms with Crippen molar-refractivity contribution in [3.8, 4) is 5.75 Å². The molecular weight excluding hydrogens is 400 g/mol. The summed E-state index contributed by atoms with van der Waals surface area (Å²) >= 11 is 0. The van der Waals surface area contributed by atoms with Crippen molar-refractivity contribution >= 4 is 17.5 Å². The van der Waals surface area contributed by atoms with Crippen molar-refractivity contribution in [3.05, 3.63) is 95.1 Å². The average Bonchev–Trinajstić information content (AvgIpc) is 3.06. The Labute approximate surface area is 187 Å². The number of amides is 2. The molecule has 1 fully saturated rings. The van der Waals surface area contributed by atoms with Crippen molar-refractivity contribution in [2.24, 2.45) is 5.92 Å². The van der Waals surface area contributed by atoms with Gasteiger partial charge in [0.05, 0.1) is 23.9 Å². The molecule has 2 amide bonds. The van der Waals surface area contributed by atoms with Gasteiger partial charge < -0.3 is 15.0 Å². The first-order valence-electron chi connectivity index (χ1n) is 11.0. The van der Waals surface area contributed by atoms with Gasteiger partial charge >= 0.3 is 0 Å². The Hall–Kier alpha value is -3.60. The predicted molar refractivity (Wildman–Crippen MR) is 122 cm³/mol. The van der Waals surface area contributed by atoms with Crippen LogP contribution < -0.4 is 10.1 Å². The molecule has 3 heterocycles. The third kappa shape index (κ3) is 2.45. The van der Waals surface area contributed by atoms with Crippen molar-refractivity contribution in [3.63, 3.8) is 0 Å². The van der Waals surface area contributed by atoms with Crippen molar-refractivity contribution in [1.82, 2.24) is 4.90 Å². The van der Waals surface area contributed by atoms with Crippen LogP contribution in [-0.4, -0.2) is 28.9 Å². The Balaban J connectivity index is 1.63. The van der Waals surface area contributed by atoms with Crippen LogP contribution in [0.5, 0.6) is 5.75 Å². The number of benzene rings is 3. The van der Waals surface area contributed by atoms with Crippen LogP contribution in [0.25, 0.3) is 0 Å². The van der Waals surface area contributed by atoms with E-state index in [9.17, 15) is 9.59 Å². The van der Waals surface area contributed by atoms with Gasteiger partial charge in [-0.25, -0.2) is 0 Å². The highest BCUT2D eigenvalue weighted by molar-refractivity contribution is 6.12. The summed E-state index contributed by atoms with van der Waals surface area (Å²) in [7, 11) is 0. The predicted octanol–water partition coefficient (Wildman–Crippen LogP) is 4.70. The molecular formula is C27H24N2O3. The van der Waals surface area contributed by atoms with E-state index in [2.05, 4.69) is 17.4 Å². The molecule has 3 aromatic rings. The summed E-state index contributed by atoms with van der Waals surface area (Å²) in [6.45, 7) is 4.33. The molecule has 3 aromatic carbocycles. The van der Waals surface area contributed by atoms with E-state index in [1.165, 1.54) is 0 Å². The van der Waals surface area contributed by atoms with Gasteiger partial charge in [0.15, 0.2) is 0 Å². The summed E-state index contributed by atoms with van der Waals surface area (Å²) in [4.78, 5) is 29.9. The molecule has 0 radical (unpaired) electrons. The molecule has 0 aromatic heterocycles. The van der Waals surface area contributed by atoms with Gasteiger partial charge in [-0.05, 0) is 37.6 Å². The maximum atomic E-state index is 14.2. The number of rotatable bonds is 1. The second kappa shape index (κ2) is 6.70. The zero-order valence-electron chi connectivity index (χ0n) is 18.0. The number of hydrogen-bond acceptors (Lipinski definition) is 3. The lowest BCUT2D eigenvalue weighted by Gasteiger charge is -2.38. The van der Waals surface area contributed by atoms with Gasteiger partial charge in [-0.1, -0.05) is 60.2 Å². The number of ether oxygens (including phenoxy) is 1. The first kappa shape index (κ1) is 19.1. The minimum absolute atomic E-state index is 0.0432. The van der Waals surface area contributed by atoms with E-state index >= 15 is 0 Å². The van der Waals surface area contributed by atoms with Crippen LogP contribution in [0.2, 0.25) is 0 Å². The summed E-state index contributed by atoms with van der Waals surface area (Å²) < 4.78 is 6.16. The van der Waals surface area contributed by atoms with E-state index in [1.807, 2.05) is 79.4 Å². The second-order valence-corrected chi connectivity index (χ2v) is 9.17. The first-order valence-corrected chi connectivity index (χ1v) is 11.0. The summed E-state index contributed by atoms with van der Waals surface area (Å²) in [5.41, 5.74) is 3.04. The lowest BCUT2D eigenvalue weighted by atomic mass is 9.73. The van der Waals surface area contributed by atoms with Crippen molar-refractivity contribution < 1.29 is 14.3 Å². The van der Waals surface area contributed by atoms with Gasteiger partial charge in [-0.3, -0.25) is 9.59 Å². The molecule has 6 rings (SSSR count). The summed E-state index contributed by atoms with van der Waals surface area (Å²) in [6.07, 6.45) is 0. The lowest BCUT2D eigenvalue weighted by molar-refractivity contribution is -0.125. The van der Waals surface area contributed by atoms with E-state index < -0.39 is 5.54 Å². The Morgan fingerprint density at radius 2 is 1.75 bits per heavy atom. The highest BCUT2D eigenvalue weighted by atomic mass is 16.5. The van der Waals surface area contributed by atoms with E-state index in [0.29, 0.717) is 17.9 Å². The number of nitrogens with one attached hydrogen (secondary N) is 1. The molecule has 0 unspecified atom stereocenters. The SMILES string of the molecule is Cc1ccc2c(c1)C(=O)N1[C@H]3c4ccccc4OC[C@@H]3[C@H](c3ccccc3)[C@]1(C)C(=O)N2. The number of anilines is 1. The molecule has 3 aliphatic rings. The molecule has 1 N–H and O–H groups in total. The van der Waals surface area contributed by atoms with Crippen LogP contribution in [0, 0.1) is 12.8 Å². The van der Waals surface area contributed by atoms with E-state index in [1.54, 1.807) is 0 Å². The van der Waals surface area contributed by atoms with Gasteiger partial charge in [0.25, 0.3) is 11.8 Å². The molecule has 1 saturated heterocycles. The monoisotopic (exact) mass is 424 g/mol. The van der Waals surface area contributed by atoms with E-state index in [-0.39, 0.29) is 29.7 Å². The van der Waals surface area contributed by atoms with Crippen molar-refractivity contribution in [2.45, 2.75) is 31.3 Å². The minimum atomic E-state index is -1.07. The lowest BCUT2D eigenvalue weighted by Crippen LogP contribution is -2.54. The molecule has 5 nitrogen and oxygen atoms in total. The van der Waals surface area contributed by atoms with Crippen LogP contribution in [0.15, 0.2) is 72.8 Å². The number of aryl methyl sites for hydroxylation is 1. The molecule has 0 spiro atoms. The average molecular weight is 425 g/mol. The Kier molecular flexibility index (Phi) is 4.00. The smallest absolute Gasteiger partial charge is 0.257 e. The standard InChI is InChI=1S/C27H24N2O3/c1-16-12-13-21-19(14-16)25(30)29-24-18-10-6-7-11-22(18)32-15-20(24)23(17-8-4-3-5-9-17)27(29,2)26(31)28-21/h3-14,20,23-24H,15H2,1-2H3,(H,28,31)/t20-,23+,24+,27-/m1/s1. The normalized spacial score (nSPS) is 27.9. The largest absolute Gasteiger partial charge is 0.493 e. The number of fused-ring (bicyclic) bond motifs is 6. The van der Waals surface area contributed by atoms with Crippen molar-refractivity contribution in [1.29, 1.82) is 0 Å². The van der Waals surface area contributed by atoms with E-state index in [4.69, 9.17) is 4.74 Å². The number of carbonyl (C=O) groups excluding carboxylic acids is 2. The molecule has 5 heteroatoms. The Bertz CT molecular complexity index is 1250. The van der Waals surface area contributed by atoms with Crippen LogP contribution in [0.4, 0.5) is 5.69 Å². The quantitative estimate of drug-likeness (QED) is 0.616. The summed E-state index contributed by atoms with van der Waals surface area (Å²) in [5.74, 6) is 0.260. The van der Waals surface area contributed by atoms with Crippen LogP contribution in [0.3, 0.4) is 0 Å². The summed E-state index contributed by atoms with van der Waals surface area (Å²) in [5, 5.41) is 3.08. The first-order chi connectivity index (χ1) is 15.5. The topological polar surface area (TPSA) is 58.6 Å². The number of hydrogen-bond donors (Lipinski definition) is 1. The van der Waals surface area contributed by atoms with Crippen LogP contribution in [-0.2, 0) is 4.79 Å². The van der Waals surface area contributed by atoms with Gasteiger partial charge in [0, 0.05) is 17.4 Å². The van der Waals surface area contributed by atoms with Gasteiger partial charge in [0.1, 0.15) is 11.3 Å². The second-order valence-electron chi connectivity index (χ2n) is 9.17. The zero-order chi connectivity index (χ0) is 22.0. The maximum Gasteiger partial charge on any atom is 0.257 e. The molecule has 160 valence electrons. The fourth-order valence-electron chi connectivity index (χ4n) is 5.97. The highest BCUT2D eigenvalue weighted by Gasteiger charge is 2.65.